The normalized spacial score (nSPS) is 10.5. The maximum absolute atomic E-state index is 11.0. The van der Waals surface area contributed by atoms with Crippen LogP contribution in [0.15, 0.2) is 18.3 Å². The Morgan fingerprint density at radius 1 is 1.37 bits per heavy atom. The molecular formula is C13H15N3O2S. The fraction of sp³-hybridized carbons (Fsp3) is 0.308. The first-order valence-corrected chi connectivity index (χ1v) is 6.70. The first-order valence-electron chi connectivity index (χ1n) is 5.89. The summed E-state index contributed by atoms with van der Waals surface area (Å²) in [4.78, 5) is 17.1. The standard InChI is InChI=1S/C13H15N3O2S/c1-8-4-5-14-13(12(8)16(17)18)15-7-11-6-9(2)10(3)19-11/h4-6H,7H2,1-3H3,(H,14,15). The molecule has 0 fully saturated rings. The van der Waals surface area contributed by atoms with Crippen LogP contribution in [0.2, 0.25) is 0 Å². The second-order valence-corrected chi connectivity index (χ2v) is 5.73. The highest BCUT2D eigenvalue weighted by atomic mass is 32.1. The molecule has 0 bridgehead atoms. The number of nitrogens with zero attached hydrogens (tertiary/aromatic N) is 2. The maximum atomic E-state index is 11.0. The highest BCUT2D eigenvalue weighted by Crippen LogP contribution is 2.27. The molecule has 2 aromatic rings. The molecule has 2 aromatic heterocycles. The number of rotatable bonds is 4. The van der Waals surface area contributed by atoms with Gasteiger partial charge in [0.15, 0.2) is 0 Å². The maximum Gasteiger partial charge on any atom is 0.314 e. The average Bonchev–Trinajstić information content (AvgIpc) is 2.65. The Hall–Kier alpha value is -1.95. The number of nitro groups is 1. The highest BCUT2D eigenvalue weighted by Gasteiger charge is 2.18. The van der Waals surface area contributed by atoms with Crippen LogP contribution in [0, 0.1) is 30.9 Å². The molecule has 5 nitrogen and oxygen atoms in total. The number of nitrogens with one attached hydrogen (secondary N) is 1. The fourth-order valence-electron chi connectivity index (χ4n) is 1.82. The lowest BCUT2D eigenvalue weighted by molar-refractivity contribution is -0.384. The zero-order valence-corrected chi connectivity index (χ0v) is 11.9. The molecule has 1 N–H and O–H groups in total. The summed E-state index contributed by atoms with van der Waals surface area (Å²) in [6.45, 7) is 6.39. The molecule has 100 valence electrons. The molecular weight excluding hydrogens is 262 g/mol. The second kappa shape index (κ2) is 5.36. The second-order valence-electron chi connectivity index (χ2n) is 4.39. The van der Waals surface area contributed by atoms with Crippen molar-refractivity contribution in [2.75, 3.05) is 5.32 Å². The largest absolute Gasteiger partial charge is 0.359 e. The van der Waals surface area contributed by atoms with Crippen molar-refractivity contribution in [3.8, 4) is 0 Å². The lowest BCUT2D eigenvalue weighted by Crippen LogP contribution is -2.04. The Labute approximate surface area is 115 Å². The zero-order valence-electron chi connectivity index (χ0n) is 11.1. The first-order chi connectivity index (χ1) is 8.99. The summed E-state index contributed by atoms with van der Waals surface area (Å²) >= 11 is 1.69. The molecule has 2 heterocycles. The third kappa shape index (κ3) is 2.90. The van der Waals surface area contributed by atoms with Gasteiger partial charge in [-0.1, -0.05) is 0 Å². The topological polar surface area (TPSA) is 68.1 Å². The lowest BCUT2D eigenvalue weighted by Gasteiger charge is -2.06. The summed E-state index contributed by atoms with van der Waals surface area (Å²) < 4.78 is 0. The first kappa shape index (κ1) is 13.5. The molecule has 0 aliphatic rings. The van der Waals surface area contributed by atoms with Crippen LogP contribution in [0.5, 0.6) is 0 Å². The van der Waals surface area contributed by atoms with E-state index in [0.717, 1.165) is 4.88 Å². The van der Waals surface area contributed by atoms with Gasteiger partial charge in [-0.05, 0) is 38.5 Å². The van der Waals surface area contributed by atoms with E-state index in [9.17, 15) is 10.1 Å². The summed E-state index contributed by atoms with van der Waals surface area (Å²) in [7, 11) is 0. The van der Waals surface area contributed by atoms with Crippen molar-refractivity contribution < 1.29 is 4.92 Å². The van der Waals surface area contributed by atoms with Crippen LogP contribution < -0.4 is 5.32 Å². The molecule has 0 spiro atoms. The van der Waals surface area contributed by atoms with E-state index in [1.807, 2.05) is 0 Å². The third-order valence-corrected chi connectivity index (χ3v) is 4.11. The minimum atomic E-state index is -0.393. The smallest absolute Gasteiger partial charge is 0.314 e. The Bertz CT molecular complexity index is 603. The monoisotopic (exact) mass is 277 g/mol. The fourth-order valence-corrected chi connectivity index (χ4v) is 2.81. The van der Waals surface area contributed by atoms with Crippen molar-refractivity contribution >= 4 is 22.8 Å². The molecule has 0 atom stereocenters. The van der Waals surface area contributed by atoms with Gasteiger partial charge in [0.1, 0.15) is 0 Å². The Balaban J connectivity index is 2.20. The van der Waals surface area contributed by atoms with Gasteiger partial charge in [0.05, 0.1) is 11.5 Å². The van der Waals surface area contributed by atoms with E-state index in [0.29, 0.717) is 17.9 Å². The van der Waals surface area contributed by atoms with Crippen LogP contribution >= 0.6 is 11.3 Å². The van der Waals surface area contributed by atoms with Gasteiger partial charge in [-0.25, -0.2) is 4.98 Å². The predicted octanol–water partition coefficient (Wildman–Crippen LogP) is 3.59. The van der Waals surface area contributed by atoms with Crippen molar-refractivity contribution in [2.24, 2.45) is 0 Å². The summed E-state index contributed by atoms with van der Waals surface area (Å²) in [5.41, 5.74) is 1.90. The molecule has 0 unspecified atom stereocenters. The summed E-state index contributed by atoms with van der Waals surface area (Å²) in [5.74, 6) is 0.328. The van der Waals surface area contributed by atoms with E-state index in [2.05, 4.69) is 30.2 Å². The van der Waals surface area contributed by atoms with Crippen LogP contribution in [-0.4, -0.2) is 9.91 Å². The molecule has 0 aliphatic heterocycles. The van der Waals surface area contributed by atoms with E-state index in [1.54, 1.807) is 30.5 Å². The molecule has 0 aromatic carbocycles. The molecule has 0 amide bonds. The molecule has 6 heteroatoms. The number of anilines is 1. The van der Waals surface area contributed by atoms with Crippen molar-refractivity contribution in [1.82, 2.24) is 4.98 Å². The molecule has 0 aliphatic carbocycles. The van der Waals surface area contributed by atoms with Gasteiger partial charge in [-0.2, -0.15) is 0 Å². The lowest BCUT2D eigenvalue weighted by atomic mass is 10.2. The van der Waals surface area contributed by atoms with E-state index < -0.39 is 4.92 Å². The Morgan fingerprint density at radius 2 is 2.11 bits per heavy atom. The minimum absolute atomic E-state index is 0.0486. The van der Waals surface area contributed by atoms with Crippen LogP contribution in [0.25, 0.3) is 0 Å². The Kier molecular flexibility index (Phi) is 3.80. The van der Waals surface area contributed by atoms with E-state index in [-0.39, 0.29) is 5.69 Å². The average molecular weight is 277 g/mol. The Morgan fingerprint density at radius 3 is 2.68 bits per heavy atom. The number of hydrogen-bond acceptors (Lipinski definition) is 5. The summed E-state index contributed by atoms with van der Waals surface area (Å²) in [6, 6.07) is 3.73. The van der Waals surface area contributed by atoms with Crippen LogP contribution in [0.3, 0.4) is 0 Å². The van der Waals surface area contributed by atoms with Gasteiger partial charge >= 0.3 is 5.69 Å². The van der Waals surface area contributed by atoms with Crippen molar-refractivity contribution in [3.63, 3.8) is 0 Å². The van der Waals surface area contributed by atoms with Crippen LogP contribution in [0.1, 0.15) is 20.9 Å². The van der Waals surface area contributed by atoms with Gasteiger partial charge in [0.2, 0.25) is 5.82 Å². The molecule has 0 radical (unpaired) electrons. The molecule has 19 heavy (non-hydrogen) atoms. The van der Waals surface area contributed by atoms with Gasteiger partial charge in [-0.3, -0.25) is 10.1 Å². The van der Waals surface area contributed by atoms with Crippen molar-refractivity contribution in [1.29, 1.82) is 0 Å². The predicted molar refractivity (Wildman–Crippen MR) is 76.7 cm³/mol. The van der Waals surface area contributed by atoms with E-state index in [1.165, 1.54) is 10.4 Å². The number of aryl methyl sites for hydroxylation is 3. The summed E-state index contributed by atoms with van der Waals surface area (Å²) in [6.07, 6.45) is 1.58. The molecule has 0 saturated carbocycles. The summed E-state index contributed by atoms with van der Waals surface area (Å²) in [5, 5.41) is 14.1. The van der Waals surface area contributed by atoms with Crippen LogP contribution in [0.4, 0.5) is 11.5 Å². The molecule has 2 rings (SSSR count). The SMILES string of the molecule is Cc1cc(CNc2nccc(C)c2[N+](=O)[O-])sc1C. The molecule has 0 saturated heterocycles. The minimum Gasteiger partial charge on any atom is -0.359 e. The van der Waals surface area contributed by atoms with Gasteiger partial charge in [0.25, 0.3) is 0 Å². The van der Waals surface area contributed by atoms with Gasteiger partial charge in [0, 0.05) is 21.5 Å². The zero-order chi connectivity index (χ0) is 14.0. The highest BCUT2D eigenvalue weighted by molar-refractivity contribution is 7.12. The van der Waals surface area contributed by atoms with Crippen LogP contribution in [-0.2, 0) is 6.54 Å². The van der Waals surface area contributed by atoms with E-state index >= 15 is 0 Å². The number of hydrogen-bond donors (Lipinski definition) is 1. The number of pyridine rings is 1. The van der Waals surface area contributed by atoms with Gasteiger partial charge < -0.3 is 5.32 Å². The van der Waals surface area contributed by atoms with E-state index in [4.69, 9.17) is 0 Å². The van der Waals surface area contributed by atoms with Crippen molar-refractivity contribution in [3.05, 3.63) is 49.3 Å². The number of thiophene rings is 1. The number of aromatic nitrogens is 1. The third-order valence-electron chi connectivity index (χ3n) is 2.96. The quantitative estimate of drug-likeness (QED) is 0.685. The van der Waals surface area contributed by atoms with Gasteiger partial charge in [-0.15, -0.1) is 11.3 Å². The van der Waals surface area contributed by atoms with Crippen molar-refractivity contribution in [2.45, 2.75) is 27.3 Å².